The molecule has 1 rings (SSSR count). The van der Waals surface area contributed by atoms with Crippen molar-refractivity contribution in [1.82, 2.24) is 0 Å². The molecule has 4 nitrogen and oxygen atoms in total. The zero-order valence-electron chi connectivity index (χ0n) is 31.1. The van der Waals surface area contributed by atoms with Crippen molar-refractivity contribution in [2.75, 3.05) is 13.2 Å². The fourth-order valence-corrected chi connectivity index (χ4v) is 6.58. The molecule has 0 atom stereocenters. The van der Waals surface area contributed by atoms with Crippen molar-refractivity contribution in [3.8, 4) is 0 Å². The first-order valence-electron chi connectivity index (χ1n) is 20.7. The lowest BCUT2D eigenvalue weighted by atomic mass is 10.0. The van der Waals surface area contributed by atoms with Crippen LogP contribution in [0.25, 0.3) is 5.53 Å². The molecule has 0 aromatic carbocycles. The minimum Gasteiger partial charge on any atom is -0.497 e. The molecule has 0 aliphatic heterocycles. The summed E-state index contributed by atoms with van der Waals surface area (Å²) in [5.41, 5.74) is 10.1. The van der Waals surface area contributed by atoms with Crippen LogP contribution < -0.4 is 0 Å². The summed E-state index contributed by atoms with van der Waals surface area (Å²) in [5.74, 6) is 1.57. The van der Waals surface area contributed by atoms with Gasteiger partial charge < -0.3 is 15.0 Å². The summed E-state index contributed by atoms with van der Waals surface area (Å²) in [6.07, 6.45) is 48.3. The van der Waals surface area contributed by atoms with E-state index in [1.54, 1.807) is 0 Å². The lowest BCUT2D eigenvalue weighted by molar-refractivity contribution is -0.0138. The molecule has 0 unspecified atom stereocenters. The first kappa shape index (κ1) is 42.5. The van der Waals surface area contributed by atoms with Crippen LogP contribution in [0.15, 0.2) is 23.7 Å². The summed E-state index contributed by atoms with van der Waals surface area (Å²) in [4.78, 5) is 3.50. The molecule has 1 aliphatic carbocycles. The summed E-state index contributed by atoms with van der Waals surface area (Å²) in [7, 11) is 0. The van der Waals surface area contributed by atoms with Crippen LogP contribution in [0.1, 0.15) is 226 Å². The molecular weight excluding hydrogens is 564 g/mol. The Morgan fingerprint density at radius 2 is 0.739 bits per heavy atom. The van der Waals surface area contributed by atoms with E-state index in [9.17, 15) is 5.53 Å². The molecule has 0 aromatic rings. The Kier molecular flexibility index (Phi) is 32.1. The minimum atomic E-state index is 0.514. The van der Waals surface area contributed by atoms with E-state index in [1.807, 2.05) is 12.2 Å². The number of unbranched alkanes of at least 4 members (excludes halogenated alkanes) is 30. The molecule has 0 radical (unpaired) electrons. The average molecular weight is 643 g/mol. The van der Waals surface area contributed by atoms with Crippen LogP contribution in [0.4, 0.5) is 0 Å². The van der Waals surface area contributed by atoms with E-state index in [1.165, 1.54) is 193 Å². The molecule has 1 aliphatic rings. The SMILES string of the molecule is CCCCCCCCCCCCCCCCCCOC1=CC=C(OCCCCCCCCCCCCCCCCCC)C(=[N+]=[N-])C1. The lowest BCUT2D eigenvalue weighted by Crippen LogP contribution is -2.14. The van der Waals surface area contributed by atoms with Crippen molar-refractivity contribution in [2.45, 2.75) is 226 Å². The van der Waals surface area contributed by atoms with Gasteiger partial charge >= 0.3 is 5.71 Å². The standard InChI is InChI=1S/C42H78N2O2/c1-3-5-7-9-11-13-15-17-19-21-23-25-27-29-31-33-37-45-40-35-36-42(41(39-40)44-43)46-38-34-32-30-28-26-24-22-20-18-16-14-12-10-8-6-4-2/h35-36H,3-34,37-39H2,1-2H3. The fraction of sp³-hybridized carbons (Fsp3) is 0.881. The zero-order chi connectivity index (χ0) is 33.0. The second kappa shape index (κ2) is 34.8. The summed E-state index contributed by atoms with van der Waals surface area (Å²) >= 11 is 0. The van der Waals surface area contributed by atoms with E-state index in [0.717, 1.165) is 25.2 Å². The van der Waals surface area contributed by atoms with Crippen molar-refractivity contribution in [3.63, 3.8) is 0 Å². The summed E-state index contributed by atoms with van der Waals surface area (Å²) < 4.78 is 12.0. The highest BCUT2D eigenvalue weighted by Gasteiger charge is 2.23. The van der Waals surface area contributed by atoms with Gasteiger partial charge in [0.05, 0.1) is 13.2 Å². The van der Waals surface area contributed by atoms with E-state index in [-0.39, 0.29) is 0 Å². The van der Waals surface area contributed by atoms with Crippen LogP contribution in [0, 0.1) is 0 Å². The first-order valence-corrected chi connectivity index (χ1v) is 20.7. The average Bonchev–Trinajstić information content (AvgIpc) is 3.07. The topological polar surface area (TPSA) is 54.9 Å². The third-order valence-corrected chi connectivity index (χ3v) is 9.71. The smallest absolute Gasteiger partial charge is 0.340 e. The highest BCUT2D eigenvalue weighted by Crippen LogP contribution is 2.20. The third kappa shape index (κ3) is 27.6. The van der Waals surface area contributed by atoms with Gasteiger partial charge in [0, 0.05) is 0 Å². The van der Waals surface area contributed by atoms with E-state index < -0.39 is 0 Å². The van der Waals surface area contributed by atoms with Crippen LogP contribution in [-0.4, -0.2) is 23.7 Å². The molecule has 0 saturated carbocycles. The van der Waals surface area contributed by atoms with Crippen LogP contribution >= 0.6 is 0 Å². The third-order valence-electron chi connectivity index (χ3n) is 9.71. The Morgan fingerprint density at radius 1 is 0.435 bits per heavy atom. The van der Waals surface area contributed by atoms with Gasteiger partial charge in [-0.2, -0.15) is 4.79 Å². The summed E-state index contributed by atoms with van der Waals surface area (Å²) in [6.45, 7) is 6.01. The molecule has 0 amide bonds. The van der Waals surface area contributed by atoms with Gasteiger partial charge in [0.25, 0.3) is 0 Å². The largest absolute Gasteiger partial charge is 0.497 e. The van der Waals surface area contributed by atoms with Crippen molar-refractivity contribution >= 4 is 5.71 Å². The lowest BCUT2D eigenvalue weighted by Gasteiger charge is -2.14. The van der Waals surface area contributed by atoms with Gasteiger partial charge in [-0.1, -0.05) is 206 Å². The molecule has 0 heterocycles. The summed E-state index contributed by atoms with van der Waals surface area (Å²) in [6, 6.07) is 0. The Labute approximate surface area is 287 Å². The molecule has 0 spiro atoms. The number of hydrogen-bond acceptors (Lipinski definition) is 2. The minimum absolute atomic E-state index is 0.514. The highest BCUT2D eigenvalue weighted by molar-refractivity contribution is 5.96. The molecule has 0 fully saturated rings. The van der Waals surface area contributed by atoms with E-state index >= 15 is 0 Å². The highest BCUT2D eigenvalue weighted by atomic mass is 16.5. The van der Waals surface area contributed by atoms with Crippen LogP contribution in [0.3, 0.4) is 0 Å². The molecule has 4 heteroatoms. The number of nitrogens with zero attached hydrogens (tertiary/aromatic N) is 2. The normalized spacial score (nSPS) is 13.0. The van der Waals surface area contributed by atoms with E-state index in [4.69, 9.17) is 9.47 Å². The Hall–Kier alpha value is -1.54. The van der Waals surface area contributed by atoms with Gasteiger partial charge in [-0.25, -0.2) is 0 Å². The van der Waals surface area contributed by atoms with Crippen LogP contribution in [0.5, 0.6) is 0 Å². The van der Waals surface area contributed by atoms with Crippen molar-refractivity contribution < 1.29 is 14.3 Å². The number of rotatable bonds is 36. The van der Waals surface area contributed by atoms with Crippen molar-refractivity contribution in [1.29, 1.82) is 0 Å². The van der Waals surface area contributed by atoms with Gasteiger partial charge in [-0.3, -0.25) is 0 Å². The molecule has 0 bridgehead atoms. The Balaban J connectivity index is 1.91. The van der Waals surface area contributed by atoms with Crippen LogP contribution in [-0.2, 0) is 9.47 Å². The zero-order valence-corrected chi connectivity index (χ0v) is 31.1. The maximum Gasteiger partial charge on any atom is 0.340 e. The van der Waals surface area contributed by atoms with Crippen LogP contribution in [0.2, 0.25) is 0 Å². The van der Waals surface area contributed by atoms with E-state index in [0.29, 0.717) is 24.5 Å². The predicted octanol–water partition coefficient (Wildman–Crippen LogP) is 14.4. The van der Waals surface area contributed by atoms with Gasteiger partial charge in [-0.05, 0) is 25.0 Å². The Morgan fingerprint density at radius 3 is 1.07 bits per heavy atom. The fourth-order valence-electron chi connectivity index (χ4n) is 6.58. The molecular formula is C42H78N2O2. The van der Waals surface area contributed by atoms with Gasteiger partial charge in [0.15, 0.2) is 0 Å². The van der Waals surface area contributed by atoms with Gasteiger partial charge in [0.1, 0.15) is 12.2 Å². The molecule has 0 aromatic heterocycles. The monoisotopic (exact) mass is 643 g/mol. The first-order chi connectivity index (χ1) is 22.8. The van der Waals surface area contributed by atoms with Crippen molar-refractivity contribution in [2.24, 2.45) is 0 Å². The molecule has 46 heavy (non-hydrogen) atoms. The number of ether oxygens (including phenoxy) is 2. The molecule has 0 saturated heterocycles. The maximum atomic E-state index is 9.53. The summed E-state index contributed by atoms with van der Waals surface area (Å²) in [5, 5.41) is 0. The second-order valence-electron chi connectivity index (χ2n) is 14.2. The van der Waals surface area contributed by atoms with Crippen molar-refractivity contribution in [3.05, 3.63) is 29.2 Å². The van der Waals surface area contributed by atoms with E-state index in [2.05, 4.69) is 18.6 Å². The molecule has 268 valence electrons. The predicted molar refractivity (Wildman–Crippen MR) is 200 cm³/mol. The quantitative estimate of drug-likeness (QED) is 0.0388. The maximum absolute atomic E-state index is 9.53. The number of hydrogen-bond donors (Lipinski definition) is 0. The Bertz CT molecular complexity index is 768. The molecule has 0 N–H and O–H groups in total. The van der Waals surface area contributed by atoms with Gasteiger partial charge in [0.2, 0.25) is 5.76 Å². The number of allylic oxidation sites excluding steroid dienone is 4. The second-order valence-corrected chi connectivity index (χ2v) is 14.2. The van der Waals surface area contributed by atoms with Gasteiger partial charge in [-0.15, -0.1) is 0 Å².